The van der Waals surface area contributed by atoms with Crippen molar-refractivity contribution in [3.8, 4) is 0 Å². The predicted molar refractivity (Wildman–Crippen MR) is 76.9 cm³/mol. The van der Waals surface area contributed by atoms with E-state index in [1.54, 1.807) is 12.1 Å². The number of carbonyl (C=O) groups is 1. The van der Waals surface area contributed by atoms with E-state index in [1.807, 2.05) is 6.92 Å². The number of hydrogen-bond donors (Lipinski definition) is 0. The van der Waals surface area contributed by atoms with Crippen LogP contribution in [0.25, 0.3) is 0 Å². The van der Waals surface area contributed by atoms with Gasteiger partial charge in [0.05, 0.1) is 12.7 Å². The first-order valence-corrected chi connectivity index (χ1v) is 8.06. The summed E-state index contributed by atoms with van der Waals surface area (Å²) in [6, 6.07) is 6.37. The molecule has 0 spiro atoms. The van der Waals surface area contributed by atoms with Crippen molar-refractivity contribution >= 4 is 16.1 Å². The summed E-state index contributed by atoms with van der Waals surface area (Å²) in [6.45, 7) is 3.39. The van der Waals surface area contributed by atoms with Gasteiger partial charge < -0.3 is 8.92 Å². The van der Waals surface area contributed by atoms with E-state index < -0.39 is 16.1 Å². The van der Waals surface area contributed by atoms with E-state index in [1.165, 1.54) is 26.2 Å². The van der Waals surface area contributed by atoms with Crippen molar-refractivity contribution in [2.75, 3.05) is 7.11 Å². The van der Waals surface area contributed by atoms with E-state index in [-0.39, 0.29) is 22.1 Å². The molecule has 21 heavy (non-hydrogen) atoms. The first-order chi connectivity index (χ1) is 9.85. The summed E-state index contributed by atoms with van der Waals surface area (Å²) in [6.07, 6.45) is 1.63. The molecule has 1 aliphatic carbocycles. The zero-order valence-electron chi connectivity index (χ0n) is 12.3. The van der Waals surface area contributed by atoms with Gasteiger partial charge in [0.2, 0.25) is 0 Å². The van der Waals surface area contributed by atoms with Crippen LogP contribution in [0.5, 0.6) is 0 Å². The monoisotopic (exact) mass is 310 g/mol. The second-order valence-electron chi connectivity index (χ2n) is 5.11. The third kappa shape index (κ3) is 3.64. The lowest BCUT2D eigenvalue weighted by molar-refractivity contribution is -0.136. The van der Waals surface area contributed by atoms with Crippen LogP contribution in [0.1, 0.15) is 25.3 Å². The topological polar surface area (TPSA) is 69.7 Å². The lowest BCUT2D eigenvalue weighted by Gasteiger charge is -2.12. The van der Waals surface area contributed by atoms with Gasteiger partial charge in [0, 0.05) is 5.92 Å². The number of benzene rings is 1. The molecule has 0 bridgehead atoms. The van der Waals surface area contributed by atoms with Gasteiger partial charge in [0.1, 0.15) is 10.7 Å². The first kappa shape index (κ1) is 15.6. The summed E-state index contributed by atoms with van der Waals surface area (Å²) >= 11 is 0. The molecule has 5 nitrogen and oxygen atoms in total. The van der Waals surface area contributed by atoms with Crippen molar-refractivity contribution in [3.05, 3.63) is 41.2 Å². The fourth-order valence-electron chi connectivity index (χ4n) is 1.91. The Kier molecular flexibility index (Phi) is 4.37. The lowest BCUT2D eigenvalue weighted by atomic mass is 10.2. The molecule has 1 aliphatic rings. The van der Waals surface area contributed by atoms with Crippen molar-refractivity contribution in [2.24, 2.45) is 5.92 Å². The Labute approximate surface area is 124 Å². The predicted octanol–water partition coefficient (Wildman–Crippen LogP) is 2.56. The number of esters is 1. The minimum absolute atomic E-state index is 0.0238. The van der Waals surface area contributed by atoms with Crippen molar-refractivity contribution in [3.63, 3.8) is 0 Å². The molecule has 1 aromatic rings. The number of rotatable bonds is 5. The summed E-state index contributed by atoms with van der Waals surface area (Å²) < 4.78 is 34.4. The van der Waals surface area contributed by atoms with Gasteiger partial charge in [-0.05, 0) is 38.8 Å². The summed E-state index contributed by atoms with van der Waals surface area (Å²) in [5.74, 6) is -0.400. The molecular formula is C15H18O5S. The van der Waals surface area contributed by atoms with Crippen molar-refractivity contribution in [1.29, 1.82) is 0 Å². The second-order valence-corrected chi connectivity index (χ2v) is 6.65. The van der Waals surface area contributed by atoms with Gasteiger partial charge in [-0.3, -0.25) is 0 Å². The molecule has 0 N–H and O–H groups in total. The van der Waals surface area contributed by atoms with Crippen molar-refractivity contribution in [2.45, 2.75) is 31.6 Å². The summed E-state index contributed by atoms with van der Waals surface area (Å²) in [7, 11) is -2.68. The zero-order chi connectivity index (χ0) is 15.6. The molecule has 114 valence electrons. The Morgan fingerprint density at radius 3 is 2.24 bits per heavy atom. The highest BCUT2D eigenvalue weighted by atomic mass is 32.2. The van der Waals surface area contributed by atoms with Gasteiger partial charge in [-0.15, -0.1) is 0 Å². The third-order valence-corrected chi connectivity index (χ3v) is 4.57. The van der Waals surface area contributed by atoms with Crippen LogP contribution in [0.4, 0.5) is 0 Å². The molecule has 0 aliphatic heterocycles. The molecule has 0 amide bonds. The molecule has 1 saturated carbocycles. The summed E-state index contributed by atoms with van der Waals surface area (Å²) in [5.41, 5.74) is 1.16. The van der Waals surface area contributed by atoms with E-state index in [0.29, 0.717) is 0 Å². The fourth-order valence-corrected chi connectivity index (χ4v) is 2.97. The molecule has 0 aromatic heterocycles. The Hall–Kier alpha value is -1.82. The maximum Gasteiger partial charge on any atom is 0.338 e. The molecule has 0 radical (unpaired) electrons. The standard InChI is InChI=1S/C15H18O5S/c1-10-4-8-13(9-5-10)21(17,18)20-14(12-6-7-12)11(2)15(16)19-3/h4-5,8-9,12H,6-7H2,1-3H3/b14-11+. The van der Waals surface area contributed by atoms with E-state index in [0.717, 1.165) is 18.4 Å². The highest BCUT2D eigenvalue weighted by molar-refractivity contribution is 7.86. The van der Waals surface area contributed by atoms with E-state index in [4.69, 9.17) is 4.18 Å². The minimum Gasteiger partial charge on any atom is -0.466 e. The third-order valence-electron chi connectivity index (χ3n) is 3.32. The molecular weight excluding hydrogens is 292 g/mol. The van der Waals surface area contributed by atoms with Crippen LogP contribution in [-0.4, -0.2) is 21.5 Å². The van der Waals surface area contributed by atoms with Gasteiger partial charge in [0.15, 0.2) is 0 Å². The van der Waals surface area contributed by atoms with Crippen LogP contribution in [0.15, 0.2) is 40.5 Å². The summed E-state index contributed by atoms with van der Waals surface area (Å²) in [5, 5.41) is 0. The SMILES string of the molecule is COC(=O)/C(C)=C(/OS(=O)(=O)c1ccc(C)cc1)C1CC1. The van der Waals surface area contributed by atoms with Crippen LogP contribution in [0.3, 0.4) is 0 Å². The van der Waals surface area contributed by atoms with E-state index in [2.05, 4.69) is 4.74 Å². The average molecular weight is 310 g/mol. The molecule has 6 heteroatoms. The summed E-state index contributed by atoms with van der Waals surface area (Å²) in [4.78, 5) is 11.7. The maximum absolute atomic E-state index is 12.3. The highest BCUT2D eigenvalue weighted by Gasteiger charge is 2.34. The molecule has 0 atom stereocenters. The van der Waals surface area contributed by atoms with Gasteiger partial charge in [0.25, 0.3) is 0 Å². The number of carbonyl (C=O) groups excluding carboxylic acids is 1. The largest absolute Gasteiger partial charge is 0.466 e. The van der Waals surface area contributed by atoms with Gasteiger partial charge >= 0.3 is 16.1 Å². The quantitative estimate of drug-likeness (QED) is 0.362. The number of aryl methyl sites for hydroxylation is 1. The minimum atomic E-state index is -3.93. The van der Waals surface area contributed by atoms with E-state index >= 15 is 0 Å². The van der Waals surface area contributed by atoms with E-state index in [9.17, 15) is 13.2 Å². The first-order valence-electron chi connectivity index (χ1n) is 6.65. The number of hydrogen-bond acceptors (Lipinski definition) is 5. The normalized spacial score (nSPS) is 16.1. The van der Waals surface area contributed by atoms with Crippen molar-refractivity contribution < 1.29 is 22.1 Å². The number of allylic oxidation sites excluding steroid dienone is 1. The van der Waals surface area contributed by atoms with Gasteiger partial charge in [-0.25, -0.2) is 4.79 Å². The molecule has 2 rings (SSSR count). The van der Waals surface area contributed by atoms with Crippen LogP contribution in [-0.2, 0) is 23.8 Å². The molecule has 1 fully saturated rings. The van der Waals surface area contributed by atoms with Crippen molar-refractivity contribution in [1.82, 2.24) is 0 Å². The Balaban J connectivity index is 2.32. The molecule has 0 saturated heterocycles. The van der Waals surface area contributed by atoms with Crippen LogP contribution in [0.2, 0.25) is 0 Å². The Bertz CT molecular complexity index is 667. The van der Waals surface area contributed by atoms with Crippen LogP contribution < -0.4 is 0 Å². The molecule has 1 aromatic carbocycles. The molecule has 0 heterocycles. The Morgan fingerprint density at radius 2 is 1.76 bits per heavy atom. The highest BCUT2D eigenvalue weighted by Crippen LogP contribution is 2.40. The second kappa shape index (κ2) is 5.89. The van der Waals surface area contributed by atoms with Crippen LogP contribution in [0, 0.1) is 12.8 Å². The fraction of sp³-hybridized carbons (Fsp3) is 0.400. The Morgan fingerprint density at radius 1 is 1.19 bits per heavy atom. The maximum atomic E-state index is 12.3. The number of methoxy groups -OCH3 is 1. The average Bonchev–Trinajstić information content (AvgIpc) is 3.28. The lowest BCUT2D eigenvalue weighted by Crippen LogP contribution is -2.13. The van der Waals surface area contributed by atoms with Gasteiger partial charge in [-0.1, -0.05) is 17.7 Å². The molecule has 0 unspecified atom stereocenters. The smallest absolute Gasteiger partial charge is 0.338 e. The van der Waals surface area contributed by atoms with Crippen LogP contribution >= 0.6 is 0 Å². The van der Waals surface area contributed by atoms with Gasteiger partial charge in [-0.2, -0.15) is 8.42 Å². The number of ether oxygens (including phenoxy) is 1. The zero-order valence-corrected chi connectivity index (χ0v) is 13.1.